The minimum absolute atomic E-state index is 0.0385. The summed E-state index contributed by atoms with van der Waals surface area (Å²) < 4.78 is 16.8. The number of esters is 3. The smallest absolute Gasteiger partial charge is 0.314 e. The third kappa shape index (κ3) is 6.01. The molecular weight excluding hydrogens is 640 g/mol. The highest BCUT2D eigenvalue weighted by atomic mass is 16.7. The lowest BCUT2D eigenvalue weighted by Gasteiger charge is -2.70. The maximum atomic E-state index is 14.8. The van der Waals surface area contributed by atoms with E-state index in [0.717, 1.165) is 50.5 Å². The molecule has 0 heterocycles. The van der Waals surface area contributed by atoms with Gasteiger partial charge in [0.15, 0.2) is 5.78 Å². The second-order valence-electron chi connectivity index (χ2n) is 20.0. The number of ether oxygens (including phenoxy) is 3. The lowest BCUT2D eigenvalue weighted by Crippen LogP contribution is -2.66. The second-order valence-corrected chi connectivity index (χ2v) is 20.0. The molecule has 4 fully saturated rings. The number of carbonyl (C=O) groups excluding carboxylic acids is 4. The maximum absolute atomic E-state index is 14.8. The van der Waals surface area contributed by atoms with Crippen LogP contribution >= 0.6 is 0 Å². The first-order valence-corrected chi connectivity index (χ1v) is 19.4. The van der Waals surface area contributed by atoms with Crippen LogP contribution in [0, 0.1) is 61.6 Å². The topological polar surface area (TPSA) is 96.0 Å². The highest BCUT2D eigenvalue weighted by Crippen LogP contribution is 2.75. The monoisotopic (exact) mass is 702 g/mol. The number of fused-ring (bicyclic) bond motifs is 7. The second kappa shape index (κ2) is 12.6. The van der Waals surface area contributed by atoms with Gasteiger partial charge in [-0.15, -0.1) is 0 Å². The summed E-state index contributed by atoms with van der Waals surface area (Å²) in [6.07, 6.45) is 9.83. The van der Waals surface area contributed by atoms with Crippen molar-refractivity contribution in [1.29, 1.82) is 0 Å². The van der Waals surface area contributed by atoms with Crippen molar-refractivity contribution in [2.24, 2.45) is 61.6 Å². The summed E-state index contributed by atoms with van der Waals surface area (Å²) in [5.41, 5.74) is -0.0869. The molecule has 5 aliphatic carbocycles. The predicted molar refractivity (Wildman–Crippen MR) is 196 cm³/mol. The lowest BCUT2D eigenvalue weighted by atomic mass is 9.33. The Morgan fingerprint density at radius 3 is 2.14 bits per heavy atom. The van der Waals surface area contributed by atoms with E-state index in [4.69, 9.17) is 14.2 Å². The van der Waals surface area contributed by atoms with Crippen molar-refractivity contribution in [2.75, 3.05) is 6.79 Å². The molecule has 0 N–H and O–H groups in total. The van der Waals surface area contributed by atoms with Gasteiger partial charge in [0.2, 0.25) is 6.79 Å². The van der Waals surface area contributed by atoms with Crippen molar-refractivity contribution in [3.8, 4) is 0 Å². The number of allylic oxidation sites excluding steroid dienone is 2. The van der Waals surface area contributed by atoms with Crippen molar-refractivity contribution < 1.29 is 33.4 Å². The Hall–Kier alpha value is -2.96. The zero-order valence-electron chi connectivity index (χ0n) is 32.9. The molecule has 1 aromatic rings. The molecule has 0 amide bonds. The van der Waals surface area contributed by atoms with Gasteiger partial charge in [-0.25, -0.2) is 0 Å². The average molecular weight is 703 g/mol. The molecule has 0 aliphatic heterocycles. The molecule has 0 spiro atoms. The van der Waals surface area contributed by atoms with Crippen LogP contribution in [0.1, 0.15) is 133 Å². The molecule has 4 saturated carbocycles. The van der Waals surface area contributed by atoms with Gasteiger partial charge in [0.25, 0.3) is 0 Å². The molecular formula is C44H62O7. The number of hydrogen-bond donors (Lipinski definition) is 0. The molecule has 0 radical (unpaired) electrons. The Morgan fingerprint density at radius 2 is 1.47 bits per heavy atom. The third-order valence-electron chi connectivity index (χ3n) is 15.6. The highest BCUT2D eigenvalue weighted by Gasteiger charge is 2.70. The van der Waals surface area contributed by atoms with Gasteiger partial charge in [-0.05, 0) is 136 Å². The first-order valence-electron chi connectivity index (χ1n) is 19.4. The van der Waals surface area contributed by atoms with E-state index in [1.807, 2.05) is 36.4 Å². The predicted octanol–water partition coefficient (Wildman–Crippen LogP) is 9.42. The fraction of sp³-hybridized carbons (Fsp3) is 0.727. The fourth-order valence-corrected chi connectivity index (χ4v) is 12.1. The van der Waals surface area contributed by atoms with Crippen molar-refractivity contribution in [1.82, 2.24) is 0 Å². The SMILES string of the molecule is CC(C)(C)C(=O)OCOC(=O)[C@H]1CC[C@]2(C)[C@H]3C(=O)C=C4[C@@H]5C[C@@](C)(C(=O)OCc6ccccc6)CC[C@]5(C)CC[C@@]4(C)[C@]3(C)CC[C@H]2C1(C)C. The first kappa shape index (κ1) is 37.8. The number of ketones is 1. The van der Waals surface area contributed by atoms with Gasteiger partial charge in [0.05, 0.1) is 16.7 Å². The molecule has 0 saturated heterocycles. The minimum Gasteiger partial charge on any atom is -0.460 e. The van der Waals surface area contributed by atoms with Crippen LogP contribution in [0.2, 0.25) is 0 Å². The summed E-state index contributed by atoms with van der Waals surface area (Å²) >= 11 is 0. The van der Waals surface area contributed by atoms with Gasteiger partial charge in [0.1, 0.15) is 6.61 Å². The van der Waals surface area contributed by atoms with Gasteiger partial charge < -0.3 is 14.2 Å². The molecule has 51 heavy (non-hydrogen) atoms. The Kier molecular flexibility index (Phi) is 9.32. The van der Waals surface area contributed by atoms with Crippen molar-refractivity contribution in [3.63, 3.8) is 0 Å². The standard InChI is InChI=1S/C44H62O7/c1-38(2,3)36(47)51-27-50-35(46)29-16-18-42(8)33(39(29,4)5)17-19-44(10)34(42)32(45)24-30-31-25-41(7,21-20-40(31,6)22-23-43(30,44)9)37(48)49-26-28-14-12-11-13-15-28/h11-15,24,29,31,33-34H,16-23,25-27H2,1-10H3/t29-,31+,33+,34-,40-,41+,42+,43-,44-/m1/s1. The summed E-state index contributed by atoms with van der Waals surface area (Å²) in [6.45, 7) is 21.2. The molecule has 5 aliphatic rings. The molecule has 7 heteroatoms. The van der Waals surface area contributed by atoms with Gasteiger partial charge in [-0.1, -0.05) is 77.4 Å². The zero-order valence-corrected chi connectivity index (χ0v) is 32.9. The van der Waals surface area contributed by atoms with Crippen molar-refractivity contribution in [3.05, 3.63) is 47.5 Å². The Labute approximate surface area is 306 Å². The number of carbonyl (C=O) groups is 4. The van der Waals surface area contributed by atoms with E-state index in [1.54, 1.807) is 20.8 Å². The average Bonchev–Trinajstić information content (AvgIpc) is 3.05. The van der Waals surface area contributed by atoms with E-state index in [2.05, 4.69) is 48.5 Å². The van der Waals surface area contributed by atoms with Gasteiger partial charge in [-0.3, -0.25) is 19.2 Å². The lowest BCUT2D eigenvalue weighted by molar-refractivity contribution is -0.203. The van der Waals surface area contributed by atoms with Crippen LogP contribution in [0.25, 0.3) is 0 Å². The first-order chi connectivity index (χ1) is 23.6. The summed E-state index contributed by atoms with van der Waals surface area (Å²) in [5, 5.41) is 0. The summed E-state index contributed by atoms with van der Waals surface area (Å²) in [4.78, 5) is 54.4. The van der Waals surface area contributed by atoms with Crippen molar-refractivity contribution in [2.45, 2.75) is 134 Å². The Bertz CT molecular complexity index is 1600. The molecule has 280 valence electrons. The summed E-state index contributed by atoms with van der Waals surface area (Å²) in [6, 6.07) is 9.86. The van der Waals surface area contributed by atoms with E-state index in [1.165, 1.54) is 5.57 Å². The highest BCUT2D eigenvalue weighted by molar-refractivity contribution is 5.96. The summed E-state index contributed by atoms with van der Waals surface area (Å²) in [5.74, 6) is -0.839. The molecule has 1 aromatic carbocycles. The van der Waals surface area contributed by atoms with Gasteiger partial charge in [-0.2, -0.15) is 0 Å². The third-order valence-corrected chi connectivity index (χ3v) is 15.6. The van der Waals surface area contributed by atoms with E-state index in [-0.39, 0.29) is 76.5 Å². The van der Waals surface area contributed by atoms with Crippen LogP contribution in [0.5, 0.6) is 0 Å². The van der Waals surface area contributed by atoms with Crippen LogP contribution in [0.15, 0.2) is 42.0 Å². The molecule has 7 nitrogen and oxygen atoms in total. The van der Waals surface area contributed by atoms with Crippen LogP contribution in [0.4, 0.5) is 0 Å². The van der Waals surface area contributed by atoms with Crippen LogP contribution < -0.4 is 0 Å². The molecule has 6 rings (SSSR count). The number of benzene rings is 1. The normalized spacial score (nSPS) is 40.0. The van der Waals surface area contributed by atoms with E-state index in [9.17, 15) is 19.2 Å². The quantitative estimate of drug-likeness (QED) is 0.215. The van der Waals surface area contributed by atoms with Crippen LogP contribution in [0.3, 0.4) is 0 Å². The Morgan fingerprint density at radius 1 is 0.804 bits per heavy atom. The zero-order chi connectivity index (χ0) is 37.4. The summed E-state index contributed by atoms with van der Waals surface area (Å²) in [7, 11) is 0. The molecule has 0 unspecified atom stereocenters. The van der Waals surface area contributed by atoms with Crippen LogP contribution in [-0.2, 0) is 40.0 Å². The maximum Gasteiger partial charge on any atom is 0.314 e. The number of hydrogen-bond acceptors (Lipinski definition) is 7. The van der Waals surface area contributed by atoms with Gasteiger partial charge in [0, 0.05) is 5.92 Å². The van der Waals surface area contributed by atoms with E-state index < -0.39 is 22.2 Å². The van der Waals surface area contributed by atoms with Gasteiger partial charge >= 0.3 is 17.9 Å². The van der Waals surface area contributed by atoms with E-state index in [0.29, 0.717) is 12.8 Å². The molecule has 0 bridgehead atoms. The molecule has 0 aromatic heterocycles. The number of rotatable bonds is 6. The largest absolute Gasteiger partial charge is 0.460 e. The molecule has 9 atom stereocenters. The minimum atomic E-state index is -0.674. The Balaban J connectivity index is 1.24. The van der Waals surface area contributed by atoms with Crippen molar-refractivity contribution >= 4 is 23.7 Å². The van der Waals surface area contributed by atoms with E-state index >= 15 is 0 Å². The fourth-order valence-electron chi connectivity index (χ4n) is 12.1. The van der Waals surface area contributed by atoms with Crippen LogP contribution in [-0.4, -0.2) is 30.5 Å².